The number of nitrogens with zero attached hydrogens (tertiary/aromatic N) is 2. The first-order valence-electron chi connectivity index (χ1n) is 7.98. The van der Waals surface area contributed by atoms with Gasteiger partial charge in [0.15, 0.2) is 0 Å². The number of anilines is 2. The van der Waals surface area contributed by atoms with Gasteiger partial charge in [-0.25, -0.2) is 4.79 Å². The van der Waals surface area contributed by atoms with E-state index in [2.05, 4.69) is 10.2 Å². The highest BCUT2D eigenvalue weighted by atomic mass is 16.5. The van der Waals surface area contributed by atoms with E-state index in [1.165, 1.54) is 14.0 Å². The molecule has 0 aromatic heterocycles. The van der Waals surface area contributed by atoms with Crippen LogP contribution in [0, 0.1) is 0 Å². The minimum Gasteiger partial charge on any atom is -0.479 e. The molecule has 25 heavy (non-hydrogen) atoms. The largest absolute Gasteiger partial charge is 0.479 e. The van der Waals surface area contributed by atoms with Crippen LogP contribution in [0.2, 0.25) is 0 Å². The Morgan fingerprint density at radius 1 is 1.20 bits per heavy atom. The molecule has 1 saturated heterocycles. The Morgan fingerprint density at radius 3 is 2.36 bits per heavy atom. The van der Waals surface area contributed by atoms with Gasteiger partial charge in [-0.2, -0.15) is 0 Å². The summed E-state index contributed by atoms with van der Waals surface area (Å²) in [5.74, 6) is -2.04. The van der Waals surface area contributed by atoms with Crippen LogP contribution in [0.15, 0.2) is 24.3 Å². The number of nitrogens with one attached hydrogen (secondary N) is 1. The molecule has 1 aliphatic rings. The normalized spacial score (nSPS) is 16.9. The predicted octanol–water partition coefficient (Wildman–Crippen LogP) is 0.783. The van der Waals surface area contributed by atoms with Crippen molar-refractivity contribution in [3.8, 4) is 0 Å². The first-order chi connectivity index (χ1) is 11.8. The second-order valence-corrected chi connectivity index (χ2v) is 6.04. The zero-order chi connectivity index (χ0) is 18.6. The Kier molecular flexibility index (Phi) is 5.63. The van der Waals surface area contributed by atoms with E-state index in [-0.39, 0.29) is 5.91 Å². The van der Waals surface area contributed by atoms with E-state index in [1.54, 1.807) is 30.0 Å². The Labute approximate surface area is 146 Å². The lowest BCUT2D eigenvalue weighted by Crippen LogP contribution is -2.49. The molecule has 2 amide bonds. The topological polar surface area (TPSA) is 99.2 Å². The molecule has 1 unspecified atom stereocenters. The van der Waals surface area contributed by atoms with Gasteiger partial charge in [-0.1, -0.05) is 6.07 Å². The maximum Gasteiger partial charge on any atom is 0.345 e. The predicted molar refractivity (Wildman–Crippen MR) is 92.6 cm³/mol. The zero-order valence-electron chi connectivity index (χ0n) is 14.6. The molecule has 1 atom stereocenters. The van der Waals surface area contributed by atoms with Gasteiger partial charge in [0.05, 0.1) is 0 Å². The number of carboxylic acids is 1. The molecule has 0 aliphatic carbocycles. The Bertz CT molecular complexity index is 670. The average Bonchev–Trinajstić information content (AvgIpc) is 2.61. The quantitative estimate of drug-likeness (QED) is 0.762. The SMILES string of the molecule is COC(C)(C(=O)O)C(=O)Nc1cccc(N2CCN(C(C)=O)CC2)c1. The Balaban J connectivity index is 2.08. The molecule has 136 valence electrons. The van der Waals surface area contributed by atoms with Gasteiger partial charge in [0, 0.05) is 51.6 Å². The number of hydrogen-bond donors (Lipinski definition) is 2. The lowest BCUT2D eigenvalue weighted by molar-refractivity contribution is -0.165. The van der Waals surface area contributed by atoms with E-state index in [0.29, 0.717) is 31.9 Å². The van der Waals surface area contributed by atoms with Gasteiger partial charge in [0.25, 0.3) is 5.91 Å². The summed E-state index contributed by atoms with van der Waals surface area (Å²) in [6.45, 7) is 5.44. The number of piperazine rings is 1. The molecule has 2 rings (SSSR count). The minimum atomic E-state index is -1.96. The van der Waals surface area contributed by atoms with Crippen molar-refractivity contribution in [1.82, 2.24) is 4.90 Å². The highest BCUT2D eigenvalue weighted by molar-refractivity contribution is 6.11. The number of amides is 2. The van der Waals surface area contributed by atoms with Crippen molar-refractivity contribution in [2.24, 2.45) is 0 Å². The van der Waals surface area contributed by atoms with Crippen LogP contribution in [0.3, 0.4) is 0 Å². The van der Waals surface area contributed by atoms with Gasteiger partial charge in [-0.15, -0.1) is 0 Å². The van der Waals surface area contributed by atoms with E-state index in [9.17, 15) is 19.5 Å². The molecule has 1 heterocycles. The molecule has 1 aliphatic heterocycles. The van der Waals surface area contributed by atoms with Gasteiger partial charge < -0.3 is 25.0 Å². The van der Waals surface area contributed by atoms with Crippen molar-refractivity contribution >= 4 is 29.2 Å². The van der Waals surface area contributed by atoms with Crippen LogP contribution in [0.4, 0.5) is 11.4 Å². The summed E-state index contributed by atoms with van der Waals surface area (Å²) in [6.07, 6.45) is 0. The van der Waals surface area contributed by atoms with E-state index >= 15 is 0 Å². The number of carboxylic acid groups (broad SMARTS) is 1. The second kappa shape index (κ2) is 7.52. The number of rotatable bonds is 5. The summed E-state index contributed by atoms with van der Waals surface area (Å²) >= 11 is 0. The summed E-state index contributed by atoms with van der Waals surface area (Å²) in [6, 6.07) is 7.16. The molecule has 8 heteroatoms. The molecule has 0 radical (unpaired) electrons. The van der Waals surface area contributed by atoms with E-state index in [4.69, 9.17) is 4.74 Å². The van der Waals surface area contributed by atoms with Crippen LogP contribution in [-0.2, 0) is 19.1 Å². The maximum absolute atomic E-state index is 12.2. The number of carbonyl (C=O) groups excluding carboxylic acids is 2. The third-order valence-corrected chi connectivity index (χ3v) is 4.44. The number of carbonyl (C=O) groups is 3. The maximum atomic E-state index is 12.2. The first-order valence-corrected chi connectivity index (χ1v) is 7.98. The lowest BCUT2D eigenvalue weighted by atomic mass is 10.1. The summed E-state index contributed by atoms with van der Waals surface area (Å²) in [5, 5.41) is 11.8. The fraction of sp³-hybridized carbons (Fsp3) is 0.471. The summed E-state index contributed by atoms with van der Waals surface area (Å²) in [5.41, 5.74) is -0.570. The molecule has 1 aromatic rings. The van der Waals surface area contributed by atoms with Gasteiger partial charge in [0.2, 0.25) is 11.5 Å². The molecular weight excluding hydrogens is 326 g/mol. The van der Waals surface area contributed by atoms with Crippen LogP contribution in [-0.4, -0.2) is 66.7 Å². The molecule has 8 nitrogen and oxygen atoms in total. The summed E-state index contributed by atoms with van der Waals surface area (Å²) in [4.78, 5) is 38.8. The Hall–Kier alpha value is -2.61. The molecule has 1 aromatic carbocycles. The van der Waals surface area contributed by atoms with Crippen molar-refractivity contribution in [2.45, 2.75) is 19.4 Å². The standard InChI is InChI=1S/C17H23N3O5/c1-12(21)19-7-9-20(10-8-19)14-6-4-5-13(11-14)18-15(22)17(2,25-3)16(23)24/h4-6,11H,7-10H2,1-3H3,(H,18,22)(H,23,24). The number of ether oxygens (including phenoxy) is 1. The van der Waals surface area contributed by atoms with Crippen LogP contribution in [0.1, 0.15) is 13.8 Å². The van der Waals surface area contributed by atoms with E-state index in [0.717, 1.165) is 5.69 Å². The summed E-state index contributed by atoms with van der Waals surface area (Å²) < 4.78 is 4.85. The fourth-order valence-corrected chi connectivity index (χ4v) is 2.59. The molecule has 1 fully saturated rings. The number of hydrogen-bond acceptors (Lipinski definition) is 5. The first kappa shape index (κ1) is 18.7. The van der Waals surface area contributed by atoms with Gasteiger partial charge in [-0.05, 0) is 25.1 Å². The number of benzene rings is 1. The Morgan fingerprint density at radius 2 is 1.84 bits per heavy atom. The second-order valence-electron chi connectivity index (χ2n) is 6.04. The molecule has 2 N–H and O–H groups in total. The van der Waals surface area contributed by atoms with Crippen molar-refractivity contribution in [3.63, 3.8) is 0 Å². The highest BCUT2D eigenvalue weighted by Crippen LogP contribution is 2.22. The van der Waals surface area contributed by atoms with Crippen molar-refractivity contribution in [1.29, 1.82) is 0 Å². The van der Waals surface area contributed by atoms with E-state index in [1.807, 2.05) is 6.07 Å². The van der Waals surface area contributed by atoms with Crippen LogP contribution < -0.4 is 10.2 Å². The van der Waals surface area contributed by atoms with Crippen molar-refractivity contribution in [2.75, 3.05) is 43.5 Å². The zero-order valence-corrected chi connectivity index (χ0v) is 14.6. The van der Waals surface area contributed by atoms with Crippen LogP contribution in [0.25, 0.3) is 0 Å². The molecule has 0 bridgehead atoms. The third-order valence-electron chi connectivity index (χ3n) is 4.44. The van der Waals surface area contributed by atoms with Gasteiger partial charge >= 0.3 is 5.97 Å². The fourth-order valence-electron chi connectivity index (χ4n) is 2.59. The monoisotopic (exact) mass is 349 g/mol. The van der Waals surface area contributed by atoms with Crippen LogP contribution >= 0.6 is 0 Å². The average molecular weight is 349 g/mol. The van der Waals surface area contributed by atoms with Gasteiger partial charge in [0.1, 0.15) is 0 Å². The molecule has 0 spiro atoms. The lowest BCUT2D eigenvalue weighted by Gasteiger charge is -2.35. The van der Waals surface area contributed by atoms with Crippen molar-refractivity contribution < 1.29 is 24.2 Å². The molecule has 0 saturated carbocycles. The van der Waals surface area contributed by atoms with E-state index < -0.39 is 17.5 Å². The molecular formula is C17H23N3O5. The number of aliphatic carboxylic acids is 1. The van der Waals surface area contributed by atoms with Gasteiger partial charge in [-0.3, -0.25) is 9.59 Å². The minimum absolute atomic E-state index is 0.0631. The van der Waals surface area contributed by atoms with Crippen molar-refractivity contribution in [3.05, 3.63) is 24.3 Å². The smallest absolute Gasteiger partial charge is 0.345 e. The van der Waals surface area contributed by atoms with Crippen LogP contribution in [0.5, 0.6) is 0 Å². The third kappa shape index (κ3) is 4.08. The number of methoxy groups -OCH3 is 1. The highest BCUT2D eigenvalue weighted by Gasteiger charge is 2.41. The summed E-state index contributed by atoms with van der Waals surface area (Å²) in [7, 11) is 1.18.